The molecular formula is C35H44ClF2N3O2. The van der Waals surface area contributed by atoms with Gasteiger partial charge in [-0.05, 0) is 98.6 Å². The summed E-state index contributed by atoms with van der Waals surface area (Å²) in [6.07, 6.45) is 10.0. The summed E-state index contributed by atoms with van der Waals surface area (Å²) >= 11 is 6.36. The van der Waals surface area contributed by atoms with Gasteiger partial charge in [0.15, 0.2) is 17.4 Å². The van der Waals surface area contributed by atoms with E-state index >= 15 is 0 Å². The molecule has 2 fully saturated rings. The molecule has 5 rings (SSSR count). The zero-order chi connectivity index (χ0) is 30.5. The molecule has 0 radical (unpaired) electrons. The van der Waals surface area contributed by atoms with Crippen molar-refractivity contribution >= 4 is 28.3 Å². The summed E-state index contributed by atoms with van der Waals surface area (Å²) in [6.45, 7) is 7.72. The van der Waals surface area contributed by atoms with Crippen LogP contribution in [0.2, 0.25) is 0 Å². The molecular weight excluding hydrogens is 568 g/mol. The summed E-state index contributed by atoms with van der Waals surface area (Å²) in [6, 6.07) is 8.92. The number of aryl methyl sites for hydroxylation is 1. The third kappa shape index (κ3) is 7.73. The largest absolute Gasteiger partial charge is 0.330 e. The van der Waals surface area contributed by atoms with Gasteiger partial charge in [-0.15, -0.1) is 0 Å². The number of carbonyl (C=O) groups is 2. The molecule has 3 atom stereocenters. The van der Waals surface area contributed by atoms with Crippen molar-refractivity contribution in [2.45, 2.75) is 95.7 Å². The number of piperidine rings is 1. The van der Waals surface area contributed by atoms with Crippen molar-refractivity contribution in [3.8, 4) is 0 Å². The zero-order valence-corrected chi connectivity index (χ0v) is 26.1. The Morgan fingerprint density at radius 1 is 1.02 bits per heavy atom. The SMILES string of the molecule is CC(C)N[C@H](CCCCN1CCCCC1)C(=O)N1C[C@@H](c2ccc(F)c(F)c2)[C@H]1C(=O)CCc1ccc2c(c1)C(Cl)=CC2. The van der Waals surface area contributed by atoms with E-state index in [-0.39, 0.29) is 30.1 Å². The van der Waals surface area contributed by atoms with Crippen molar-refractivity contribution in [1.29, 1.82) is 0 Å². The normalized spacial score (nSPS) is 21.0. The first-order chi connectivity index (χ1) is 20.7. The molecule has 0 aromatic heterocycles. The second-order valence-electron chi connectivity index (χ2n) is 12.7. The standard InChI is InChI=1S/C35H44ClF2N3O2/c1-23(2)39-32(8-4-7-19-40-17-5-3-6-18-40)35(43)41-22-28(26-13-15-30(37)31(38)21-26)34(41)33(42)16-10-24-9-11-25-12-14-29(36)27(25)20-24/h9,11,13-15,20-21,23,28,32,34,39H,3-8,10,12,16-19,22H2,1-2H3/t28-,32+,34-/m0/s1. The molecule has 0 unspecified atom stereocenters. The summed E-state index contributed by atoms with van der Waals surface area (Å²) in [5.74, 6) is -2.38. The van der Waals surface area contributed by atoms with Crippen LogP contribution >= 0.6 is 11.6 Å². The van der Waals surface area contributed by atoms with E-state index in [1.807, 2.05) is 32.1 Å². The van der Waals surface area contributed by atoms with Crippen molar-refractivity contribution in [1.82, 2.24) is 15.1 Å². The first-order valence-corrected chi connectivity index (χ1v) is 16.3. The third-order valence-corrected chi connectivity index (χ3v) is 9.54. The van der Waals surface area contributed by atoms with Gasteiger partial charge in [0.05, 0.1) is 12.1 Å². The molecule has 1 amide bonds. The number of Topliss-reactive ketones (excluding diaryl/α,β-unsaturated/α-hetero) is 1. The van der Waals surface area contributed by atoms with Crippen molar-refractivity contribution in [2.24, 2.45) is 0 Å². The Bertz CT molecular complexity index is 1340. The van der Waals surface area contributed by atoms with E-state index in [0.717, 1.165) is 61.1 Å². The van der Waals surface area contributed by atoms with E-state index in [2.05, 4.69) is 16.3 Å². The molecule has 8 heteroatoms. The van der Waals surface area contributed by atoms with E-state index in [1.54, 1.807) is 4.90 Å². The number of halogens is 3. The van der Waals surface area contributed by atoms with Gasteiger partial charge in [-0.1, -0.05) is 62.6 Å². The highest BCUT2D eigenvalue weighted by atomic mass is 35.5. The molecule has 1 aliphatic carbocycles. The fourth-order valence-corrected chi connectivity index (χ4v) is 7.07. The van der Waals surface area contributed by atoms with Crippen LogP contribution in [0.4, 0.5) is 8.78 Å². The number of fused-ring (bicyclic) bond motifs is 1. The first kappa shape index (κ1) is 31.8. The van der Waals surface area contributed by atoms with Crippen LogP contribution < -0.4 is 5.32 Å². The highest BCUT2D eigenvalue weighted by Gasteiger charge is 2.48. The van der Waals surface area contributed by atoms with Crippen molar-refractivity contribution in [3.63, 3.8) is 0 Å². The molecule has 2 heterocycles. The lowest BCUT2D eigenvalue weighted by Crippen LogP contribution is -2.64. The molecule has 0 bridgehead atoms. The fraction of sp³-hybridized carbons (Fsp3) is 0.543. The topological polar surface area (TPSA) is 52.7 Å². The number of nitrogens with one attached hydrogen (secondary N) is 1. The predicted molar refractivity (Wildman–Crippen MR) is 168 cm³/mol. The van der Waals surface area contributed by atoms with Gasteiger partial charge in [0.2, 0.25) is 5.91 Å². The Morgan fingerprint density at radius 3 is 2.56 bits per heavy atom. The number of rotatable bonds is 13. The summed E-state index contributed by atoms with van der Waals surface area (Å²) in [5, 5.41) is 4.17. The number of likely N-dealkylation sites (tertiary alicyclic amines) is 2. The average molecular weight is 612 g/mol. The maximum Gasteiger partial charge on any atom is 0.240 e. The molecule has 2 aliphatic heterocycles. The monoisotopic (exact) mass is 611 g/mol. The quantitative estimate of drug-likeness (QED) is 0.259. The number of amides is 1. The lowest BCUT2D eigenvalue weighted by molar-refractivity contribution is -0.150. The maximum atomic E-state index is 14.2. The summed E-state index contributed by atoms with van der Waals surface area (Å²) in [5.41, 5.74) is 3.74. The van der Waals surface area contributed by atoms with Gasteiger partial charge in [-0.25, -0.2) is 8.78 Å². The molecule has 2 aromatic carbocycles. The second kappa shape index (κ2) is 14.4. The maximum absolute atomic E-state index is 14.2. The Labute approximate surface area is 259 Å². The van der Waals surface area contributed by atoms with Gasteiger partial charge in [-0.2, -0.15) is 0 Å². The van der Waals surface area contributed by atoms with Gasteiger partial charge in [0, 0.05) is 30.0 Å². The third-order valence-electron chi connectivity index (χ3n) is 9.19. The van der Waals surface area contributed by atoms with Crippen LogP contribution in [0, 0.1) is 11.6 Å². The number of nitrogens with zero attached hydrogens (tertiary/aromatic N) is 2. The average Bonchev–Trinajstić information content (AvgIpc) is 3.35. The molecule has 5 nitrogen and oxygen atoms in total. The Kier molecular flexibility index (Phi) is 10.7. The van der Waals surface area contributed by atoms with Crippen LogP contribution in [0.3, 0.4) is 0 Å². The van der Waals surface area contributed by atoms with Gasteiger partial charge >= 0.3 is 0 Å². The lowest BCUT2D eigenvalue weighted by Gasteiger charge is -2.49. The van der Waals surface area contributed by atoms with Gasteiger partial charge < -0.3 is 15.1 Å². The van der Waals surface area contributed by atoms with Crippen LogP contribution in [-0.4, -0.2) is 65.8 Å². The predicted octanol–water partition coefficient (Wildman–Crippen LogP) is 6.62. The number of carbonyl (C=O) groups excluding carboxylic acids is 2. The van der Waals surface area contributed by atoms with Gasteiger partial charge in [0.25, 0.3) is 0 Å². The smallest absolute Gasteiger partial charge is 0.240 e. The summed E-state index contributed by atoms with van der Waals surface area (Å²) < 4.78 is 27.9. The van der Waals surface area contributed by atoms with Crippen molar-refractivity contribution in [2.75, 3.05) is 26.2 Å². The van der Waals surface area contributed by atoms with Crippen molar-refractivity contribution < 1.29 is 18.4 Å². The van der Waals surface area contributed by atoms with E-state index < -0.39 is 23.7 Å². The summed E-state index contributed by atoms with van der Waals surface area (Å²) in [7, 11) is 0. The number of ketones is 1. The van der Waals surface area contributed by atoms with Crippen molar-refractivity contribution in [3.05, 3.63) is 76.4 Å². The van der Waals surface area contributed by atoms with E-state index in [1.165, 1.54) is 37.0 Å². The number of hydrogen-bond donors (Lipinski definition) is 1. The summed E-state index contributed by atoms with van der Waals surface area (Å²) in [4.78, 5) is 31.9. The van der Waals surface area contributed by atoms with Crippen LogP contribution in [-0.2, 0) is 22.4 Å². The highest BCUT2D eigenvalue weighted by molar-refractivity contribution is 6.49. The highest BCUT2D eigenvalue weighted by Crippen LogP contribution is 2.37. The van der Waals surface area contributed by atoms with E-state index in [0.29, 0.717) is 24.9 Å². The van der Waals surface area contributed by atoms with Crippen LogP contribution in [0.5, 0.6) is 0 Å². The number of unbranched alkanes of at least 4 members (excludes halogenated alkanes) is 1. The minimum Gasteiger partial charge on any atom is -0.330 e. The van der Waals surface area contributed by atoms with Crippen LogP contribution in [0.25, 0.3) is 5.03 Å². The van der Waals surface area contributed by atoms with E-state index in [9.17, 15) is 18.4 Å². The lowest BCUT2D eigenvalue weighted by atomic mass is 9.78. The fourth-order valence-electron chi connectivity index (χ4n) is 6.81. The van der Waals surface area contributed by atoms with E-state index in [4.69, 9.17) is 11.6 Å². The van der Waals surface area contributed by atoms with Crippen LogP contribution in [0.1, 0.15) is 87.0 Å². The molecule has 2 aromatic rings. The molecule has 3 aliphatic rings. The Hall–Kier alpha value is -2.61. The first-order valence-electron chi connectivity index (χ1n) is 16.0. The molecule has 1 N–H and O–H groups in total. The molecule has 0 saturated carbocycles. The molecule has 2 saturated heterocycles. The number of benzene rings is 2. The number of hydrogen-bond acceptors (Lipinski definition) is 4. The molecule has 232 valence electrons. The molecule has 43 heavy (non-hydrogen) atoms. The Balaban J connectivity index is 1.28. The van der Waals surface area contributed by atoms with Gasteiger partial charge in [0.1, 0.15) is 0 Å². The van der Waals surface area contributed by atoms with Gasteiger partial charge in [-0.3, -0.25) is 9.59 Å². The minimum absolute atomic E-state index is 0.0649. The number of allylic oxidation sites excluding steroid dienone is 1. The zero-order valence-electron chi connectivity index (χ0n) is 25.4. The minimum atomic E-state index is -0.940. The molecule has 0 spiro atoms. The Morgan fingerprint density at radius 2 is 1.81 bits per heavy atom. The second-order valence-corrected chi connectivity index (χ2v) is 13.1. The van der Waals surface area contributed by atoms with Crippen LogP contribution in [0.15, 0.2) is 42.5 Å².